The number of benzene rings is 1. The van der Waals surface area contributed by atoms with Crippen molar-refractivity contribution in [1.29, 1.82) is 0 Å². The number of likely N-dealkylation sites (tertiary alicyclic amines) is 1. The van der Waals surface area contributed by atoms with Crippen molar-refractivity contribution in [1.82, 2.24) is 10.2 Å². The van der Waals surface area contributed by atoms with Gasteiger partial charge in [-0.25, -0.2) is 4.39 Å². The van der Waals surface area contributed by atoms with Crippen molar-refractivity contribution < 1.29 is 9.18 Å². The van der Waals surface area contributed by atoms with Gasteiger partial charge in [0.2, 0.25) is 5.91 Å². The molecule has 22 heavy (non-hydrogen) atoms. The third kappa shape index (κ3) is 3.87. The molecule has 6 heteroatoms. The van der Waals surface area contributed by atoms with E-state index in [9.17, 15) is 9.18 Å². The lowest BCUT2D eigenvalue weighted by Gasteiger charge is -2.34. The highest BCUT2D eigenvalue weighted by Gasteiger charge is 2.29. The van der Waals surface area contributed by atoms with Gasteiger partial charge in [0.15, 0.2) is 5.17 Å². The van der Waals surface area contributed by atoms with E-state index in [0.29, 0.717) is 6.54 Å². The summed E-state index contributed by atoms with van der Waals surface area (Å²) >= 11 is 1.60. The van der Waals surface area contributed by atoms with E-state index in [1.165, 1.54) is 12.1 Å². The van der Waals surface area contributed by atoms with Gasteiger partial charge in [0.1, 0.15) is 5.82 Å². The van der Waals surface area contributed by atoms with Crippen LogP contribution in [0.3, 0.4) is 0 Å². The second-order valence-corrected chi connectivity index (χ2v) is 6.72. The molecule has 0 aromatic heterocycles. The van der Waals surface area contributed by atoms with Crippen LogP contribution < -0.4 is 5.32 Å². The number of hydrogen-bond acceptors (Lipinski definition) is 4. The first-order chi connectivity index (χ1) is 10.7. The van der Waals surface area contributed by atoms with Crippen molar-refractivity contribution in [2.45, 2.75) is 31.8 Å². The Morgan fingerprint density at radius 2 is 2.18 bits per heavy atom. The predicted molar refractivity (Wildman–Crippen MR) is 87.4 cm³/mol. The summed E-state index contributed by atoms with van der Waals surface area (Å²) in [7, 11) is 0. The van der Waals surface area contributed by atoms with Crippen LogP contribution >= 0.6 is 11.8 Å². The largest absolute Gasteiger partial charge is 0.304 e. The van der Waals surface area contributed by atoms with Crippen molar-refractivity contribution in [2.24, 2.45) is 4.99 Å². The maximum atomic E-state index is 13.0. The molecule has 0 radical (unpaired) electrons. The Morgan fingerprint density at radius 1 is 1.36 bits per heavy atom. The minimum absolute atomic E-state index is 0.0370. The number of hydrogen-bond donors (Lipinski definition) is 1. The van der Waals surface area contributed by atoms with Crippen molar-refractivity contribution in [3.05, 3.63) is 35.6 Å². The van der Waals surface area contributed by atoms with E-state index in [2.05, 4.69) is 15.2 Å². The van der Waals surface area contributed by atoms with Crippen molar-refractivity contribution in [3.8, 4) is 0 Å². The van der Waals surface area contributed by atoms with Gasteiger partial charge in [-0.2, -0.15) is 0 Å². The van der Waals surface area contributed by atoms with Gasteiger partial charge in [-0.3, -0.25) is 14.7 Å². The zero-order valence-electron chi connectivity index (χ0n) is 12.4. The van der Waals surface area contributed by atoms with Crippen LogP contribution in [-0.2, 0) is 11.3 Å². The fraction of sp³-hybridized carbons (Fsp3) is 0.500. The molecule has 2 heterocycles. The molecule has 1 atom stereocenters. The summed E-state index contributed by atoms with van der Waals surface area (Å²) in [4.78, 5) is 19.0. The molecular weight excluding hydrogens is 301 g/mol. The quantitative estimate of drug-likeness (QED) is 0.930. The van der Waals surface area contributed by atoms with Crippen LogP contribution in [0, 0.1) is 5.82 Å². The van der Waals surface area contributed by atoms with Crippen LogP contribution in [0.2, 0.25) is 0 Å². The molecule has 4 nitrogen and oxygen atoms in total. The number of amides is 1. The number of aliphatic imine (C=N–C) groups is 1. The topological polar surface area (TPSA) is 44.7 Å². The smallest absolute Gasteiger partial charge is 0.243 e. The van der Waals surface area contributed by atoms with Gasteiger partial charge in [-0.15, -0.1) is 0 Å². The van der Waals surface area contributed by atoms with Crippen LogP contribution in [0.4, 0.5) is 4.39 Å². The third-order valence-electron chi connectivity index (χ3n) is 4.03. The maximum Gasteiger partial charge on any atom is 0.243 e. The number of rotatable bonds is 3. The van der Waals surface area contributed by atoms with Gasteiger partial charge in [0.05, 0.1) is 12.6 Å². The number of halogens is 1. The van der Waals surface area contributed by atoms with E-state index in [1.807, 2.05) is 0 Å². The molecule has 3 rings (SSSR count). The number of thioether (sulfide) groups is 1. The molecule has 1 saturated heterocycles. The summed E-state index contributed by atoms with van der Waals surface area (Å²) in [5.74, 6) is 0.752. The van der Waals surface area contributed by atoms with Gasteiger partial charge in [0.25, 0.3) is 0 Å². The first-order valence-electron chi connectivity index (χ1n) is 7.69. The minimum Gasteiger partial charge on any atom is -0.304 e. The van der Waals surface area contributed by atoms with Gasteiger partial charge in [-0.05, 0) is 37.1 Å². The minimum atomic E-state index is -0.229. The Hall–Kier alpha value is -1.40. The Labute approximate surface area is 134 Å². The van der Waals surface area contributed by atoms with E-state index in [4.69, 9.17) is 0 Å². The lowest BCUT2D eigenvalue weighted by atomic mass is 10.0. The monoisotopic (exact) mass is 321 g/mol. The van der Waals surface area contributed by atoms with Crippen molar-refractivity contribution in [2.75, 3.05) is 18.8 Å². The molecule has 2 aliphatic rings. The van der Waals surface area contributed by atoms with Gasteiger partial charge in [-0.1, -0.05) is 30.3 Å². The fourth-order valence-corrected chi connectivity index (χ4v) is 3.63. The van der Waals surface area contributed by atoms with E-state index in [0.717, 1.165) is 48.8 Å². The summed E-state index contributed by atoms with van der Waals surface area (Å²) in [5, 5.41) is 3.69. The highest BCUT2D eigenvalue weighted by atomic mass is 32.2. The lowest BCUT2D eigenvalue weighted by Crippen LogP contribution is -2.49. The number of nitrogens with one attached hydrogen (secondary N) is 1. The number of carbonyl (C=O) groups is 1. The average molecular weight is 321 g/mol. The summed E-state index contributed by atoms with van der Waals surface area (Å²) in [6, 6.07) is 6.39. The van der Waals surface area contributed by atoms with Crippen LogP contribution in [-0.4, -0.2) is 40.9 Å². The van der Waals surface area contributed by atoms with Crippen LogP contribution in [0.25, 0.3) is 0 Å². The predicted octanol–water partition coefficient (Wildman–Crippen LogP) is 2.40. The first kappa shape index (κ1) is 15.5. The van der Waals surface area contributed by atoms with Crippen LogP contribution in [0.1, 0.15) is 24.8 Å². The molecule has 1 unspecified atom stereocenters. The summed E-state index contributed by atoms with van der Waals surface area (Å²) < 4.78 is 13.0. The Bertz CT molecular complexity index is 561. The SMILES string of the molecule is O=C(NC1=NCCS1)C1CCCCN1Cc1ccc(F)cc1. The van der Waals surface area contributed by atoms with Crippen molar-refractivity contribution in [3.63, 3.8) is 0 Å². The highest BCUT2D eigenvalue weighted by molar-refractivity contribution is 8.14. The number of amidine groups is 1. The molecule has 0 saturated carbocycles. The molecular formula is C16H20FN3OS. The zero-order valence-corrected chi connectivity index (χ0v) is 13.2. The highest BCUT2D eigenvalue weighted by Crippen LogP contribution is 2.21. The molecule has 2 aliphatic heterocycles. The molecule has 1 fully saturated rings. The molecule has 1 N–H and O–H groups in total. The lowest BCUT2D eigenvalue weighted by molar-refractivity contribution is -0.126. The normalized spacial score (nSPS) is 22.4. The Morgan fingerprint density at radius 3 is 2.91 bits per heavy atom. The van der Waals surface area contributed by atoms with Gasteiger partial charge < -0.3 is 5.32 Å². The molecule has 0 spiro atoms. The second kappa shape index (κ2) is 7.24. The second-order valence-electron chi connectivity index (χ2n) is 5.63. The Balaban J connectivity index is 1.65. The van der Waals surface area contributed by atoms with E-state index in [-0.39, 0.29) is 17.8 Å². The molecule has 0 bridgehead atoms. The third-order valence-corrected chi connectivity index (χ3v) is 4.92. The Kier molecular flexibility index (Phi) is 5.10. The van der Waals surface area contributed by atoms with E-state index >= 15 is 0 Å². The van der Waals surface area contributed by atoms with Gasteiger partial charge >= 0.3 is 0 Å². The summed E-state index contributed by atoms with van der Waals surface area (Å²) in [6.07, 6.45) is 3.03. The van der Waals surface area contributed by atoms with Crippen LogP contribution in [0.15, 0.2) is 29.3 Å². The number of piperidine rings is 1. The molecule has 1 aromatic carbocycles. The molecule has 118 valence electrons. The number of nitrogens with zero attached hydrogens (tertiary/aromatic N) is 2. The maximum absolute atomic E-state index is 13.0. The number of carbonyl (C=O) groups excluding carboxylic acids is 1. The standard InChI is InChI=1S/C16H20FN3OS/c17-13-6-4-12(5-7-13)11-20-9-2-1-3-14(20)15(21)19-16-18-8-10-22-16/h4-7,14H,1-3,8-11H2,(H,18,19,21). The van der Waals surface area contributed by atoms with E-state index < -0.39 is 0 Å². The summed E-state index contributed by atoms with van der Waals surface area (Å²) in [6.45, 7) is 2.36. The van der Waals surface area contributed by atoms with Crippen LogP contribution in [0.5, 0.6) is 0 Å². The molecule has 1 amide bonds. The first-order valence-corrected chi connectivity index (χ1v) is 8.67. The molecule has 0 aliphatic carbocycles. The average Bonchev–Trinajstić information content (AvgIpc) is 3.03. The van der Waals surface area contributed by atoms with Crippen molar-refractivity contribution >= 4 is 22.8 Å². The van der Waals surface area contributed by atoms with E-state index in [1.54, 1.807) is 23.9 Å². The fourth-order valence-electron chi connectivity index (χ4n) is 2.90. The summed E-state index contributed by atoms with van der Waals surface area (Å²) in [5.41, 5.74) is 1.04. The molecule has 1 aromatic rings. The zero-order chi connectivity index (χ0) is 15.4. The van der Waals surface area contributed by atoms with Gasteiger partial charge in [0, 0.05) is 12.3 Å².